The van der Waals surface area contributed by atoms with Crippen LogP contribution in [0.25, 0.3) is 0 Å². The molecule has 0 spiro atoms. The topological polar surface area (TPSA) is 42.5 Å². The zero-order chi connectivity index (χ0) is 12.6. The SMILES string of the molecule is CC1(C)Oc2ccc(NC3CCNCC3)cc2O1. The number of anilines is 1. The van der Waals surface area contributed by atoms with E-state index in [-0.39, 0.29) is 0 Å². The van der Waals surface area contributed by atoms with Gasteiger partial charge in [-0.1, -0.05) is 0 Å². The second-order valence-electron chi connectivity index (χ2n) is 5.43. The number of hydrogen-bond acceptors (Lipinski definition) is 4. The van der Waals surface area contributed by atoms with E-state index in [4.69, 9.17) is 9.47 Å². The van der Waals surface area contributed by atoms with Crippen LogP contribution in [-0.2, 0) is 0 Å². The van der Waals surface area contributed by atoms with Crippen molar-refractivity contribution in [2.24, 2.45) is 0 Å². The molecule has 0 radical (unpaired) electrons. The van der Waals surface area contributed by atoms with Crippen molar-refractivity contribution in [1.29, 1.82) is 0 Å². The van der Waals surface area contributed by atoms with Crippen molar-refractivity contribution >= 4 is 5.69 Å². The number of fused-ring (bicyclic) bond motifs is 1. The molecule has 1 fully saturated rings. The molecule has 4 nitrogen and oxygen atoms in total. The Morgan fingerprint density at radius 3 is 2.67 bits per heavy atom. The predicted molar refractivity (Wildman–Crippen MR) is 71.3 cm³/mol. The van der Waals surface area contributed by atoms with Crippen molar-refractivity contribution in [3.8, 4) is 11.5 Å². The van der Waals surface area contributed by atoms with Gasteiger partial charge in [0.05, 0.1) is 0 Å². The van der Waals surface area contributed by atoms with Gasteiger partial charge in [0.1, 0.15) is 0 Å². The molecule has 2 N–H and O–H groups in total. The summed E-state index contributed by atoms with van der Waals surface area (Å²) in [7, 11) is 0. The molecule has 0 bridgehead atoms. The number of rotatable bonds is 2. The molecule has 0 saturated carbocycles. The minimum atomic E-state index is -0.546. The Bertz CT molecular complexity index is 439. The molecule has 1 aromatic rings. The van der Waals surface area contributed by atoms with Crippen LogP contribution in [0.4, 0.5) is 5.69 Å². The molecule has 0 unspecified atom stereocenters. The molecule has 18 heavy (non-hydrogen) atoms. The fourth-order valence-corrected chi connectivity index (χ4v) is 2.51. The first-order valence-electron chi connectivity index (χ1n) is 6.62. The van der Waals surface area contributed by atoms with Gasteiger partial charge in [-0.25, -0.2) is 0 Å². The monoisotopic (exact) mass is 248 g/mol. The molecule has 0 atom stereocenters. The first-order chi connectivity index (χ1) is 8.62. The Hall–Kier alpha value is -1.42. The van der Waals surface area contributed by atoms with E-state index in [1.807, 2.05) is 26.0 Å². The van der Waals surface area contributed by atoms with Crippen LogP contribution in [-0.4, -0.2) is 24.9 Å². The molecule has 4 heteroatoms. The minimum Gasteiger partial charge on any atom is -0.449 e. The van der Waals surface area contributed by atoms with Gasteiger partial charge in [0, 0.05) is 31.6 Å². The molecule has 1 aromatic carbocycles. The van der Waals surface area contributed by atoms with Gasteiger partial charge in [-0.15, -0.1) is 0 Å². The third kappa shape index (κ3) is 2.38. The summed E-state index contributed by atoms with van der Waals surface area (Å²) in [6.07, 6.45) is 2.33. The summed E-state index contributed by atoms with van der Waals surface area (Å²) in [5.74, 6) is 1.12. The first kappa shape index (κ1) is 11.7. The summed E-state index contributed by atoms with van der Waals surface area (Å²) < 4.78 is 11.4. The van der Waals surface area contributed by atoms with E-state index in [0.29, 0.717) is 6.04 Å². The minimum absolute atomic E-state index is 0.546. The maximum atomic E-state index is 5.75. The van der Waals surface area contributed by atoms with Crippen LogP contribution < -0.4 is 20.1 Å². The van der Waals surface area contributed by atoms with Crippen LogP contribution in [0.3, 0.4) is 0 Å². The Morgan fingerprint density at radius 1 is 1.17 bits per heavy atom. The largest absolute Gasteiger partial charge is 0.449 e. The first-order valence-corrected chi connectivity index (χ1v) is 6.62. The molecular formula is C14H20N2O2. The molecule has 2 aliphatic rings. The van der Waals surface area contributed by atoms with Crippen LogP contribution >= 0.6 is 0 Å². The van der Waals surface area contributed by atoms with Crippen molar-refractivity contribution in [3.63, 3.8) is 0 Å². The van der Waals surface area contributed by atoms with Gasteiger partial charge in [0.25, 0.3) is 0 Å². The highest BCUT2D eigenvalue weighted by Crippen LogP contribution is 2.40. The van der Waals surface area contributed by atoms with E-state index in [9.17, 15) is 0 Å². The van der Waals surface area contributed by atoms with Crippen LogP contribution in [0.15, 0.2) is 18.2 Å². The standard InChI is InChI=1S/C14H20N2O2/c1-14(2)17-12-4-3-11(9-13(12)18-14)16-10-5-7-15-8-6-10/h3-4,9-10,15-16H,5-8H2,1-2H3. The lowest BCUT2D eigenvalue weighted by Crippen LogP contribution is -2.35. The number of hydrogen-bond donors (Lipinski definition) is 2. The lowest BCUT2D eigenvalue weighted by Gasteiger charge is -2.24. The van der Waals surface area contributed by atoms with Gasteiger partial charge in [-0.05, 0) is 38.1 Å². The highest BCUT2D eigenvalue weighted by Gasteiger charge is 2.31. The molecule has 0 amide bonds. The highest BCUT2D eigenvalue weighted by atomic mass is 16.7. The van der Waals surface area contributed by atoms with Crippen LogP contribution in [0, 0.1) is 0 Å². The smallest absolute Gasteiger partial charge is 0.246 e. The zero-order valence-electron chi connectivity index (χ0n) is 11.0. The van der Waals surface area contributed by atoms with Gasteiger partial charge in [0.2, 0.25) is 5.79 Å². The van der Waals surface area contributed by atoms with E-state index >= 15 is 0 Å². The zero-order valence-corrected chi connectivity index (χ0v) is 11.0. The van der Waals surface area contributed by atoms with Crippen molar-refractivity contribution in [2.45, 2.75) is 38.5 Å². The Labute approximate surface area is 108 Å². The number of ether oxygens (including phenoxy) is 2. The van der Waals surface area contributed by atoms with Crippen LogP contribution in [0.1, 0.15) is 26.7 Å². The molecule has 2 heterocycles. The van der Waals surface area contributed by atoms with Crippen LogP contribution in [0.2, 0.25) is 0 Å². The van der Waals surface area contributed by atoms with E-state index in [1.54, 1.807) is 0 Å². The maximum absolute atomic E-state index is 5.75. The van der Waals surface area contributed by atoms with Gasteiger partial charge in [0.15, 0.2) is 11.5 Å². The molecule has 3 rings (SSSR count). The van der Waals surface area contributed by atoms with E-state index in [2.05, 4.69) is 16.7 Å². The number of benzene rings is 1. The highest BCUT2D eigenvalue weighted by molar-refractivity contribution is 5.56. The van der Waals surface area contributed by atoms with Gasteiger partial charge >= 0.3 is 0 Å². The Balaban J connectivity index is 1.71. The van der Waals surface area contributed by atoms with Gasteiger partial charge in [-0.2, -0.15) is 0 Å². The predicted octanol–water partition coefficient (Wildman–Crippen LogP) is 2.36. The summed E-state index contributed by atoms with van der Waals surface area (Å²) in [6.45, 7) is 6.03. The summed E-state index contributed by atoms with van der Waals surface area (Å²) >= 11 is 0. The average Bonchev–Trinajstić information content (AvgIpc) is 2.63. The Kier molecular flexibility index (Phi) is 2.82. The molecule has 0 aliphatic carbocycles. The summed E-state index contributed by atoms with van der Waals surface area (Å²) in [5, 5.41) is 6.93. The fourth-order valence-electron chi connectivity index (χ4n) is 2.51. The number of nitrogens with one attached hydrogen (secondary N) is 2. The third-order valence-corrected chi connectivity index (χ3v) is 3.37. The van der Waals surface area contributed by atoms with Crippen molar-refractivity contribution in [1.82, 2.24) is 5.32 Å². The molecular weight excluding hydrogens is 228 g/mol. The molecule has 2 aliphatic heterocycles. The molecule has 1 saturated heterocycles. The average molecular weight is 248 g/mol. The quantitative estimate of drug-likeness (QED) is 0.843. The van der Waals surface area contributed by atoms with Crippen molar-refractivity contribution < 1.29 is 9.47 Å². The van der Waals surface area contributed by atoms with Crippen LogP contribution in [0.5, 0.6) is 11.5 Å². The summed E-state index contributed by atoms with van der Waals surface area (Å²) in [4.78, 5) is 0. The van der Waals surface area contributed by atoms with Gasteiger partial charge in [-0.3, -0.25) is 0 Å². The Morgan fingerprint density at radius 2 is 1.89 bits per heavy atom. The molecule has 0 aromatic heterocycles. The molecule has 98 valence electrons. The fraction of sp³-hybridized carbons (Fsp3) is 0.571. The maximum Gasteiger partial charge on any atom is 0.246 e. The second-order valence-corrected chi connectivity index (χ2v) is 5.43. The van der Waals surface area contributed by atoms with Crippen molar-refractivity contribution in [2.75, 3.05) is 18.4 Å². The van der Waals surface area contributed by atoms with Crippen molar-refractivity contribution in [3.05, 3.63) is 18.2 Å². The lowest BCUT2D eigenvalue weighted by atomic mass is 10.1. The van der Waals surface area contributed by atoms with Gasteiger partial charge < -0.3 is 20.1 Å². The lowest BCUT2D eigenvalue weighted by molar-refractivity contribution is -0.0431. The van der Waals surface area contributed by atoms with E-state index in [1.165, 1.54) is 12.8 Å². The number of piperidine rings is 1. The summed E-state index contributed by atoms with van der Waals surface area (Å²) in [5.41, 5.74) is 1.11. The van der Waals surface area contributed by atoms with E-state index in [0.717, 1.165) is 30.3 Å². The third-order valence-electron chi connectivity index (χ3n) is 3.37. The second kappa shape index (κ2) is 4.35. The van der Waals surface area contributed by atoms with E-state index < -0.39 is 5.79 Å². The summed E-state index contributed by atoms with van der Waals surface area (Å²) in [6, 6.07) is 6.63. The normalized spacial score (nSPS) is 21.9.